The van der Waals surface area contributed by atoms with Crippen molar-refractivity contribution >= 4 is 0 Å². The van der Waals surface area contributed by atoms with E-state index < -0.39 is 0 Å². The van der Waals surface area contributed by atoms with Crippen LogP contribution in [0, 0.1) is 18.3 Å². The Kier molecular flexibility index (Phi) is 3.48. The molecule has 17 heavy (non-hydrogen) atoms. The van der Waals surface area contributed by atoms with Crippen LogP contribution in [0.5, 0.6) is 0 Å². The first-order valence-corrected chi connectivity index (χ1v) is 6.47. The average molecular weight is 233 g/mol. The standard InChI is InChI=1S/C14H23N3/c1-10-5-14(3,4)6-13(10)17-9-12-8-15-11(2)7-16-12/h7-8,10,13,17H,5-6,9H2,1-4H3. The number of nitrogens with one attached hydrogen (secondary N) is 1. The smallest absolute Gasteiger partial charge is 0.0724 e. The Labute approximate surface area is 104 Å². The molecular weight excluding hydrogens is 210 g/mol. The first-order valence-electron chi connectivity index (χ1n) is 6.47. The number of rotatable bonds is 3. The Balaban J connectivity index is 1.88. The van der Waals surface area contributed by atoms with Gasteiger partial charge < -0.3 is 5.32 Å². The summed E-state index contributed by atoms with van der Waals surface area (Å²) >= 11 is 0. The van der Waals surface area contributed by atoms with E-state index in [4.69, 9.17) is 0 Å². The Bertz CT molecular complexity index is 370. The molecule has 2 atom stereocenters. The van der Waals surface area contributed by atoms with Crippen molar-refractivity contribution in [3.63, 3.8) is 0 Å². The van der Waals surface area contributed by atoms with E-state index in [2.05, 4.69) is 36.1 Å². The van der Waals surface area contributed by atoms with E-state index in [1.807, 2.05) is 19.3 Å². The van der Waals surface area contributed by atoms with Gasteiger partial charge in [-0.15, -0.1) is 0 Å². The first-order chi connectivity index (χ1) is 7.96. The highest BCUT2D eigenvalue weighted by molar-refractivity contribution is 5.01. The molecule has 3 heteroatoms. The highest BCUT2D eigenvalue weighted by atomic mass is 15.0. The van der Waals surface area contributed by atoms with Gasteiger partial charge in [0.05, 0.1) is 11.4 Å². The third-order valence-electron chi connectivity index (χ3n) is 3.71. The second-order valence-corrected chi connectivity index (χ2v) is 6.19. The second kappa shape index (κ2) is 4.73. The fourth-order valence-electron chi connectivity index (χ4n) is 2.91. The van der Waals surface area contributed by atoms with Crippen LogP contribution in [0.25, 0.3) is 0 Å². The zero-order valence-corrected chi connectivity index (χ0v) is 11.3. The molecule has 0 amide bonds. The number of hydrogen-bond acceptors (Lipinski definition) is 3. The number of aromatic nitrogens is 2. The van der Waals surface area contributed by atoms with Crippen LogP contribution in [0.1, 0.15) is 45.0 Å². The number of nitrogens with zero attached hydrogens (tertiary/aromatic N) is 2. The van der Waals surface area contributed by atoms with E-state index in [9.17, 15) is 0 Å². The van der Waals surface area contributed by atoms with Crippen LogP contribution in [-0.4, -0.2) is 16.0 Å². The molecule has 0 spiro atoms. The summed E-state index contributed by atoms with van der Waals surface area (Å²) in [5.74, 6) is 0.753. The van der Waals surface area contributed by atoms with Crippen LogP contribution in [0.2, 0.25) is 0 Å². The third-order valence-corrected chi connectivity index (χ3v) is 3.71. The van der Waals surface area contributed by atoms with Crippen LogP contribution < -0.4 is 5.32 Å². The summed E-state index contributed by atoms with van der Waals surface area (Å²) in [7, 11) is 0. The molecule has 0 saturated heterocycles. The van der Waals surface area contributed by atoms with E-state index in [1.165, 1.54) is 12.8 Å². The highest BCUT2D eigenvalue weighted by Gasteiger charge is 2.36. The molecule has 2 unspecified atom stereocenters. The van der Waals surface area contributed by atoms with Crippen molar-refractivity contribution in [1.29, 1.82) is 0 Å². The molecular formula is C14H23N3. The van der Waals surface area contributed by atoms with Crippen molar-refractivity contribution in [3.05, 3.63) is 23.8 Å². The van der Waals surface area contributed by atoms with Crippen molar-refractivity contribution in [2.45, 2.75) is 53.1 Å². The molecule has 1 aromatic heterocycles. The lowest BCUT2D eigenvalue weighted by molar-refractivity contribution is 0.362. The van der Waals surface area contributed by atoms with E-state index in [-0.39, 0.29) is 0 Å². The zero-order chi connectivity index (χ0) is 12.5. The fraction of sp³-hybridized carbons (Fsp3) is 0.714. The molecule has 0 aromatic carbocycles. The molecule has 1 saturated carbocycles. The second-order valence-electron chi connectivity index (χ2n) is 6.19. The fourth-order valence-corrected chi connectivity index (χ4v) is 2.91. The Morgan fingerprint density at radius 3 is 2.59 bits per heavy atom. The summed E-state index contributed by atoms with van der Waals surface area (Å²) in [6.45, 7) is 9.85. The molecule has 1 aromatic rings. The summed E-state index contributed by atoms with van der Waals surface area (Å²) in [5.41, 5.74) is 2.49. The van der Waals surface area contributed by atoms with Crippen LogP contribution in [-0.2, 0) is 6.54 Å². The van der Waals surface area contributed by atoms with Crippen molar-refractivity contribution < 1.29 is 0 Å². The SMILES string of the molecule is Cc1cnc(CNC2CC(C)(C)CC2C)cn1. The highest BCUT2D eigenvalue weighted by Crippen LogP contribution is 2.40. The predicted molar refractivity (Wildman–Crippen MR) is 69.6 cm³/mol. The van der Waals surface area contributed by atoms with Crippen molar-refractivity contribution in [3.8, 4) is 0 Å². The normalized spacial score (nSPS) is 27.3. The molecule has 1 heterocycles. The maximum absolute atomic E-state index is 4.38. The van der Waals surface area contributed by atoms with E-state index in [0.717, 1.165) is 23.9 Å². The Hall–Kier alpha value is -0.960. The summed E-state index contributed by atoms with van der Waals surface area (Å²) in [6.07, 6.45) is 6.27. The van der Waals surface area contributed by atoms with Gasteiger partial charge in [-0.05, 0) is 31.1 Å². The molecule has 1 aliphatic rings. The van der Waals surface area contributed by atoms with Gasteiger partial charge in [-0.25, -0.2) is 0 Å². The summed E-state index contributed by atoms with van der Waals surface area (Å²) in [5, 5.41) is 3.62. The molecule has 2 rings (SSSR count). The maximum atomic E-state index is 4.38. The minimum Gasteiger partial charge on any atom is -0.308 e. The van der Waals surface area contributed by atoms with Crippen LogP contribution in [0.3, 0.4) is 0 Å². The molecule has 1 N–H and O–H groups in total. The van der Waals surface area contributed by atoms with Gasteiger partial charge in [0, 0.05) is 25.0 Å². The lowest BCUT2D eigenvalue weighted by atomic mass is 9.91. The third kappa shape index (κ3) is 3.25. The van der Waals surface area contributed by atoms with E-state index >= 15 is 0 Å². The molecule has 3 nitrogen and oxygen atoms in total. The van der Waals surface area contributed by atoms with Crippen molar-refractivity contribution in [2.75, 3.05) is 0 Å². The molecule has 0 radical (unpaired) electrons. The molecule has 94 valence electrons. The van der Waals surface area contributed by atoms with Gasteiger partial charge in [-0.2, -0.15) is 0 Å². The maximum Gasteiger partial charge on any atom is 0.0724 e. The van der Waals surface area contributed by atoms with E-state index in [1.54, 1.807) is 0 Å². The molecule has 1 fully saturated rings. The summed E-state index contributed by atoms with van der Waals surface area (Å²) in [6, 6.07) is 0.619. The lowest BCUT2D eigenvalue weighted by Gasteiger charge is -2.18. The molecule has 1 aliphatic carbocycles. The average Bonchev–Trinajstić information content (AvgIpc) is 2.51. The van der Waals surface area contributed by atoms with Crippen LogP contribution >= 0.6 is 0 Å². The first kappa shape index (κ1) is 12.5. The molecule has 0 bridgehead atoms. The summed E-state index contributed by atoms with van der Waals surface area (Å²) in [4.78, 5) is 8.65. The lowest BCUT2D eigenvalue weighted by Crippen LogP contribution is -2.31. The van der Waals surface area contributed by atoms with Gasteiger partial charge in [-0.1, -0.05) is 20.8 Å². The molecule has 0 aliphatic heterocycles. The minimum atomic E-state index is 0.482. The number of hydrogen-bond donors (Lipinski definition) is 1. The zero-order valence-electron chi connectivity index (χ0n) is 11.3. The topological polar surface area (TPSA) is 37.8 Å². The van der Waals surface area contributed by atoms with Gasteiger partial charge in [0.15, 0.2) is 0 Å². The Morgan fingerprint density at radius 1 is 1.29 bits per heavy atom. The van der Waals surface area contributed by atoms with Gasteiger partial charge >= 0.3 is 0 Å². The monoisotopic (exact) mass is 233 g/mol. The van der Waals surface area contributed by atoms with Crippen LogP contribution in [0.15, 0.2) is 12.4 Å². The van der Waals surface area contributed by atoms with E-state index in [0.29, 0.717) is 11.5 Å². The largest absolute Gasteiger partial charge is 0.308 e. The quantitative estimate of drug-likeness (QED) is 0.872. The van der Waals surface area contributed by atoms with Crippen molar-refractivity contribution in [1.82, 2.24) is 15.3 Å². The minimum absolute atomic E-state index is 0.482. The van der Waals surface area contributed by atoms with Gasteiger partial charge in [-0.3, -0.25) is 9.97 Å². The summed E-state index contributed by atoms with van der Waals surface area (Å²) < 4.78 is 0. The van der Waals surface area contributed by atoms with Crippen molar-refractivity contribution in [2.24, 2.45) is 11.3 Å². The van der Waals surface area contributed by atoms with Crippen LogP contribution in [0.4, 0.5) is 0 Å². The van der Waals surface area contributed by atoms with Gasteiger partial charge in [0.25, 0.3) is 0 Å². The van der Waals surface area contributed by atoms with Gasteiger partial charge in [0.2, 0.25) is 0 Å². The van der Waals surface area contributed by atoms with Gasteiger partial charge in [0.1, 0.15) is 0 Å². The predicted octanol–water partition coefficient (Wildman–Crippen LogP) is 2.70. The number of aryl methyl sites for hydroxylation is 1. The Morgan fingerprint density at radius 2 is 2.06 bits per heavy atom.